The van der Waals surface area contributed by atoms with Gasteiger partial charge in [0.15, 0.2) is 0 Å². The first kappa shape index (κ1) is 14.6. The molecule has 1 atom stereocenters. The van der Waals surface area contributed by atoms with Crippen molar-refractivity contribution in [2.75, 3.05) is 6.54 Å². The molecule has 2 N–H and O–H groups in total. The van der Waals surface area contributed by atoms with E-state index < -0.39 is 17.2 Å². The summed E-state index contributed by atoms with van der Waals surface area (Å²) >= 11 is 0. The Morgan fingerprint density at radius 3 is 2.50 bits per heavy atom. The molecule has 0 aliphatic carbocycles. The zero-order valence-electron chi connectivity index (χ0n) is 11.2. The quantitative estimate of drug-likeness (QED) is 0.880. The van der Waals surface area contributed by atoms with E-state index in [0.29, 0.717) is 0 Å². The minimum Gasteiger partial charge on any atom is -0.384 e. The molecule has 0 radical (unpaired) electrons. The number of rotatable bonds is 5. The maximum absolute atomic E-state index is 13.4. The van der Waals surface area contributed by atoms with E-state index in [9.17, 15) is 13.9 Å². The van der Waals surface area contributed by atoms with Gasteiger partial charge in [-0.25, -0.2) is 8.78 Å². The van der Waals surface area contributed by atoms with E-state index in [1.807, 2.05) is 30.3 Å². The number of hydrogen-bond acceptors (Lipinski definition) is 2. The fourth-order valence-electron chi connectivity index (χ4n) is 2.02. The second kappa shape index (κ2) is 6.11. The van der Waals surface area contributed by atoms with Gasteiger partial charge in [-0.15, -0.1) is 0 Å². The van der Waals surface area contributed by atoms with E-state index in [-0.39, 0.29) is 18.7 Å². The third-order valence-corrected chi connectivity index (χ3v) is 3.19. The van der Waals surface area contributed by atoms with E-state index >= 15 is 0 Å². The Morgan fingerprint density at radius 2 is 1.80 bits per heavy atom. The molecule has 106 valence electrons. The van der Waals surface area contributed by atoms with Gasteiger partial charge in [0.2, 0.25) is 0 Å². The lowest BCUT2D eigenvalue weighted by atomic mass is 9.96. The minimum absolute atomic E-state index is 0.159. The summed E-state index contributed by atoms with van der Waals surface area (Å²) in [6.07, 6.45) is 0. The lowest BCUT2D eigenvalue weighted by Gasteiger charge is -2.24. The van der Waals surface area contributed by atoms with Crippen LogP contribution in [0.3, 0.4) is 0 Å². The highest BCUT2D eigenvalue weighted by atomic mass is 19.1. The standard InChI is InChI=1S/C16H17F2NO/c1-16(20,13-5-3-2-4-6-13)11-19-10-12-9-14(17)7-8-15(12)18/h2-9,19-20H,10-11H2,1H3. The summed E-state index contributed by atoms with van der Waals surface area (Å²) in [5, 5.41) is 13.3. The van der Waals surface area contributed by atoms with Gasteiger partial charge in [-0.2, -0.15) is 0 Å². The number of aliphatic hydroxyl groups is 1. The molecule has 0 saturated heterocycles. The van der Waals surface area contributed by atoms with Gasteiger partial charge in [0, 0.05) is 18.7 Å². The first-order valence-corrected chi connectivity index (χ1v) is 6.41. The molecule has 0 amide bonds. The Kier molecular flexibility index (Phi) is 4.47. The van der Waals surface area contributed by atoms with Crippen molar-refractivity contribution in [2.24, 2.45) is 0 Å². The Morgan fingerprint density at radius 1 is 1.10 bits per heavy atom. The van der Waals surface area contributed by atoms with E-state index in [0.717, 1.165) is 23.8 Å². The first-order chi connectivity index (χ1) is 9.49. The van der Waals surface area contributed by atoms with Crippen LogP contribution in [0.2, 0.25) is 0 Å². The van der Waals surface area contributed by atoms with Crippen LogP contribution in [0.25, 0.3) is 0 Å². The Balaban J connectivity index is 1.97. The third-order valence-electron chi connectivity index (χ3n) is 3.19. The normalized spacial score (nSPS) is 14.0. The van der Waals surface area contributed by atoms with Gasteiger partial charge in [0.1, 0.15) is 11.6 Å². The van der Waals surface area contributed by atoms with Gasteiger partial charge < -0.3 is 10.4 Å². The average Bonchev–Trinajstić information content (AvgIpc) is 2.43. The van der Waals surface area contributed by atoms with E-state index in [1.54, 1.807) is 6.92 Å². The smallest absolute Gasteiger partial charge is 0.127 e. The molecule has 0 aliphatic heterocycles. The molecular formula is C16H17F2NO. The monoisotopic (exact) mass is 277 g/mol. The van der Waals surface area contributed by atoms with Gasteiger partial charge in [-0.1, -0.05) is 30.3 Å². The summed E-state index contributed by atoms with van der Waals surface area (Å²) in [4.78, 5) is 0. The van der Waals surface area contributed by atoms with Crippen molar-refractivity contribution in [1.29, 1.82) is 0 Å². The number of hydrogen-bond donors (Lipinski definition) is 2. The molecule has 0 saturated carbocycles. The predicted octanol–water partition coefficient (Wildman–Crippen LogP) is 2.96. The van der Waals surface area contributed by atoms with Crippen LogP contribution in [-0.2, 0) is 12.1 Å². The van der Waals surface area contributed by atoms with Gasteiger partial charge >= 0.3 is 0 Å². The zero-order chi connectivity index (χ0) is 14.6. The molecule has 1 unspecified atom stereocenters. The molecule has 0 fully saturated rings. The van der Waals surface area contributed by atoms with Gasteiger partial charge in [0.05, 0.1) is 5.60 Å². The molecule has 0 heterocycles. The molecule has 20 heavy (non-hydrogen) atoms. The molecule has 0 spiro atoms. The topological polar surface area (TPSA) is 32.3 Å². The summed E-state index contributed by atoms with van der Waals surface area (Å²) in [6, 6.07) is 12.5. The Hall–Kier alpha value is -1.78. The maximum atomic E-state index is 13.4. The van der Waals surface area contributed by atoms with Crippen LogP contribution >= 0.6 is 0 Å². The summed E-state index contributed by atoms with van der Waals surface area (Å²) in [6.45, 7) is 2.08. The predicted molar refractivity (Wildman–Crippen MR) is 74.1 cm³/mol. The van der Waals surface area contributed by atoms with Crippen LogP contribution in [0.5, 0.6) is 0 Å². The van der Waals surface area contributed by atoms with Gasteiger partial charge in [-0.05, 0) is 30.7 Å². The van der Waals surface area contributed by atoms with Crippen molar-refractivity contribution < 1.29 is 13.9 Å². The minimum atomic E-state index is -1.06. The molecule has 2 aromatic carbocycles. The summed E-state index contributed by atoms with van der Waals surface area (Å²) in [5.74, 6) is -0.934. The van der Waals surface area contributed by atoms with Crippen molar-refractivity contribution in [3.05, 3.63) is 71.3 Å². The number of halogens is 2. The molecular weight excluding hydrogens is 260 g/mol. The highest BCUT2D eigenvalue weighted by Crippen LogP contribution is 2.19. The Labute approximate surface area is 117 Å². The summed E-state index contributed by atoms with van der Waals surface area (Å²) in [7, 11) is 0. The van der Waals surface area contributed by atoms with Crippen LogP contribution in [0.1, 0.15) is 18.1 Å². The summed E-state index contributed by atoms with van der Waals surface area (Å²) in [5.41, 5.74) is -0.0495. The summed E-state index contributed by atoms with van der Waals surface area (Å²) < 4.78 is 26.5. The Bertz CT molecular complexity index is 570. The number of benzene rings is 2. The lowest BCUT2D eigenvalue weighted by molar-refractivity contribution is 0.0566. The fourth-order valence-corrected chi connectivity index (χ4v) is 2.02. The van der Waals surface area contributed by atoms with E-state index in [1.165, 1.54) is 0 Å². The van der Waals surface area contributed by atoms with Gasteiger partial charge in [-0.3, -0.25) is 0 Å². The van der Waals surface area contributed by atoms with Crippen LogP contribution < -0.4 is 5.32 Å². The van der Waals surface area contributed by atoms with Crippen molar-refractivity contribution in [3.8, 4) is 0 Å². The second-order valence-electron chi connectivity index (χ2n) is 4.98. The van der Waals surface area contributed by atoms with Crippen LogP contribution in [0, 0.1) is 11.6 Å². The SMILES string of the molecule is CC(O)(CNCc1cc(F)ccc1F)c1ccccc1. The van der Waals surface area contributed by atoms with Crippen LogP contribution in [0.15, 0.2) is 48.5 Å². The zero-order valence-corrected chi connectivity index (χ0v) is 11.2. The highest BCUT2D eigenvalue weighted by molar-refractivity contribution is 5.22. The molecule has 4 heteroatoms. The highest BCUT2D eigenvalue weighted by Gasteiger charge is 2.22. The van der Waals surface area contributed by atoms with Crippen molar-refractivity contribution in [1.82, 2.24) is 5.32 Å². The second-order valence-corrected chi connectivity index (χ2v) is 4.98. The van der Waals surface area contributed by atoms with Crippen molar-refractivity contribution in [3.63, 3.8) is 0 Å². The van der Waals surface area contributed by atoms with Crippen molar-refractivity contribution in [2.45, 2.75) is 19.1 Å². The lowest BCUT2D eigenvalue weighted by Crippen LogP contribution is -2.35. The van der Waals surface area contributed by atoms with E-state index in [4.69, 9.17) is 0 Å². The molecule has 0 aliphatic rings. The maximum Gasteiger partial charge on any atom is 0.127 e. The molecule has 0 aromatic heterocycles. The van der Waals surface area contributed by atoms with Crippen molar-refractivity contribution >= 4 is 0 Å². The van der Waals surface area contributed by atoms with Crippen LogP contribution in [0.4, 0.5) is 8.78 Å². The van der Waals surface area contributed by atoms with Gasteiger partial charge in [0.25, 0.3) is 0 Å². The molecule has 2 aromatic rings. The molecule has 2 rings (SSSR count). The average molecular weight is 277 g/mol. The van der Waals surface area contributed by atoms with Crippen LogP contribution in [-0.4, -0.2) is 11.7 Å². The largest absolute Gasteiger partial charge is 0.384 e. The first-order valence-electron chi connectivity index (χ1n) is 6.41. The number of nitrogens with one attached hydrogen (secondary N) is 1. The third kappa shape index (κ3) is 3.62. The van der Waals surface area contributed by atoms with E-state index in [2.05, 4.69) is 5.32 Å². The fraction of sp³-hybridized carbons (Fsp3) is 0.250. The molecule has 2 nitrogen and oxygen atoms in total. The molecule has 0 bridgehead atoms.